The lowest BCUT2D eigenvalue weighted by Crippen LogP contribution is -2.17. The first kappa shape index (κ1) is 19.4. The predicted molar refractivity (Wildman–Crippen MR) is 118 cm³/mol. The third kappa shape index (κ3) is 4.23. The van der Waals surface area contributed by atoms with E-state index in [-0.39, 0.29) is 10.7 Å². The van der Waals surface area contributed by atoms with Gasteiger partial charge in [-0.3, -0.25) is 4.72 Å². The van der Waals surface area contributed by atoms with Crippen LogP contribution in [0, 0.1) is 13.8 Å². The normalized spacial score (nSPS) is 11.5. The van der Waals surface area contributed by atoms with E-state index in [2.05, 4.69) is 20.0 Å². The number of nitrogens with one attached hydrogen (secondary N) is 2. The molecule has 0 atom stereocenters. The second-order valence-electron chi connectivity index (χ2n) is 6.72. The number of aryl methyl sites for hydroxylation is 2. The topological polar surface area (TPSA) is 84.0 Å². The van der Waals surface area contributed by atoms with E-state index in [1.165, 1.54) is 0 Å². The minimum atomic E-state index is -3.81. The van der Waals surface area contributed by atoms with Gasteiger partial charge in [0.1, 0.15) is 0 Å². The molecule has 0 aliphatic carbocycles. The second-order valence-corrected chi connectivity index (χ2v) is 9.40. The molecule has 2 aromatic carbocycles. The van der Waals surface area contributed by atoms with Crippen LogP contribution in [0.15, 0.2) is 64.9 Å². The van der Waals surface area contributed by atoms with Gasteiger partial charge in [-0.15, -0.1) is 11.3 Å². The highest BCUT2D eigenvalue weighted by Crippen LogP contribution is 2.26. The molecule has 4 aromatic rings. The van der Waals surface area contributed by atoms with E-state index >= 15 is 0 Å². The lowest BCUT2D eigenvalue weighted by atomic mass is 10.2. The summed E-state index contributed by atoms with van der Waals surface area (Å²) in [5, 5.41) is 5.21. The van der Waals surface area contributed by atoms with Gasteiger partial charge in [-0.1, -0.05) is 35.9 Å². The molecule has 8 heteroatoms. The van der Waals surface area contributed by atoms with Gasteiger partial charge in [-0.05, 0) is 49.1 Å². The molecule has 2 N–H and O–H groups in total. The maximum absolute atomic E-state index is 13.1. The highest BCUT2D eigenvalue weighted by atomic mass is 32.2. The van der Waals surface area contributed by atoms with Crippen LogP contribution in [0.1, 0.15) is 16.0 Å². The van der Waals surface area contributed by atoms with E-state index < -0.39 is 10.0 Å². The van der Waals surface area contributed by atoms with Crippen molar-refractivity contribution in [3.05, 3.63) is 76.0 Å². The smallest absolute Gasteiger partial charge is 0.263 e. The molecular weight excluding hydrogens is 404 g/mol. The largest absolute Gasteiger partial charge is 0.362 e. The van der Waals surface area contributed by atoms with Gasteiger partial charge in [0, 0.05) is 4.88 Å². The number of fused-ring (bicyclic) bond motifs is 1. The third-order valence-electron chi connectivity index (χ3n) is 4.43. The van der Waals surface area contributed by atoms with Crippen LogP contribution in [-0.4, -0.2) is 18.4 Å². The van der Waals surface area contributed by atoms with Gasteiger partial charge in [-0.2, -0.15) is 0 Å². The van der Waals surface area contributed by atoms with Gasteiger partial charge < -0.3 is 5.32 Å². The summed E-state index contributed by atoms with van der Waals surface area (Å²) in [5.74, 6) is 0.575. The number of anilines is 2. The predicted octanol–water partition coefficient (Wildman–Crippen LogP) is 4.72. The Morgan fingerprint density at radius 2 is 1.66 bits per heavy atom. The first-order valence-corrected chi connectivity index (χ1v) is 11.4. The summed E-state index contributed by atoms with van der Waals surface area (Å²) in [5.41, 5.74) is 2.99. The molecule has 0 unspecified atom stereocenters. The number of aromatic nitrogens is 2. The van der Waals surface area contributed by atoms with Crippen molar-refractivity contribution >= 4 is 44.0 Å². The molecule has 0 fully saturated rings. The fraction of sp³-hybridized carbons (Fsp3) is 0.143. The molecule has 0 bridgehead atoms. The van der Waals surface area contributed by atoms with E-state index in [4.69, 9.17) is 0 Å². The lowest BCUT2D eigenvalue weighted by Gasteiger charge is -2.14. The van der Waals surface area contributed by atoms with Crippen LogP contribution >= 0.6 is 11.3 Å². The molecule has 0 amide bonds. The first-order chi connectivity index (χ1) is 13.9. The standard InChI is InChI=1S/C21H20N4O2S2/c1-14-9-10-19(15(2)12-14)29(26,27)25-21-20(22-13-16-6-5-11-28-16)23-17-7-3-4-8-18(17)24-21/h3-12H,13H2,1-2H3,(H,22,23)(H,24,25). The van der Waals surface area contributed by atoms with Gasteiger partial charge in [0.05, 0.1) is 22.5 Å². The van der Waals surface area contributed by atoms with E-state index in [0.29, 0.717) is 29.0 Å². The molecule has 2 aromatic heterocycles. The zero-order valence-corrected chi connectivity index (χ0v) is 17.6. The van der Waals surface area contributed by atoms with Gasteiger partial charge in [0.15, 0.2) is 11.6 Å². The number of para-hydroxylation sites is 2. The summed E-state index contributed by atoms with van der Waals surface area (Å²) >= 11 is 1.62. The van der Waals surface area contributed by atoms with Crippen LogP contribution in [0.4, 0.5) is 11.6 Å². The average molecular weight is 425 g/mol. The summed E-state index contributed by atoms with van der Waals surface area (Å²) in [6.07, 6.45) is 0. The number of hydrogen-bond donors (Lipinski definition) is 2. The molecule has 0 aliphatic rings. The summed E-state index contributed by atoms with van der Waals surface area (Å²) in [4.78, 5) is 10.5. The first-order valence-electron chi connectivity index (χ1n) is 9.05. The number of hydrogen-bond acceptors (Lipinski definition) is 6. The summed E-state index contributed by atoms with van der Waals surface area (Å²) in [6, 6.07) is 16.6. The minimum absolute atomic E-state index is 0.181. The quantitative estimate of drug-likeness (QED) is 0.468. The molecular formula is C21H20N4O2S2. The molecule has 0 spiro atoms. The third-order valence-corrected chi connectivity index (χ3v) is 6.81. The van der Waals surface area contributed by atoms with Gasteiger partial charge in [0.2, 0.25) is 0 Å². The summed E-state index contributed by atoms with van der Waals surface area (Å²) < 4.78 is 28.7. The van der Waals surface area contributed by atoms with E-state index in [0.717, 1.165) is 10.4 Å². The molecule has 0 saturated heterocycles. The van der Waals surface area contributed by atoms with Crippen LogP contribution in [0.25, 0.3) is 11.0 Å². The zero-order chi connectivity index (χ0) is 20.4. The number of benzene rings is 2. The molecule has 29 heavy (non-hydrogen) atoms. The Kier molecular flexibility index (Phi) is 5.21. The molecule has 148 valence electrons. The average Bonchev–Trinajstić information content (AvgIpc) is 3.19. The van der Waals surface area contributed by atoms with Crippen LogP contribution in [-0.2, 0) is 16.6 Å². The van der Waals surface area contributed by atoms with Crippen molar-refractivity contribution in [1.82, 2.24) is 9.97 Å². The van der Waals surface area contributed by atoms with E-state index in [1.807, 2.05) is 48.7 Å². The van der Waals surface area contributed by atoms with Gasteiger partial charge in [0.25, 0.3) is 10.0 Å². The van der Waals surface area contributed by atoms with Crippen LogP contribution in [0.3, 0.4) is 0 Å². The number of sulfonamides is 1. The van der Waals surface area contributed by atoms with Crippen molar-refractivity contribution in [2.75, 3.05) is 10.0 Å². The summed E-state index contributed by atoms with van der Waals surface area (Å²) in [7, 11) is -3.81. The highest BCUT2D eigenvalue weighted by molar-refractivity contribution is 7.92. The Labute approximate surface area is 173 Å². The van der Waals surface area contributed by atoms with E-state index in [1.54, 1.807) is 36.5 Å². The second kappa shape index (κ2) is 7.81. The minimum Gasteiger partial charge on any atom is -0.362 e. The summed E-state index contributed by atoms with van der Waals surface area (Å²) in [6.45, 7) is 4.24. The van der Waals surface area contributed by atoms with Crippen molar-refractivity contribution < 1.29 is 8.42 Å². The molecule has 0 saturated carbocycles. The number of nitrogens with zero attached hydrogens (tertiary/aromatic N) is 2. The maximum Gasteiger partial charge on any atom is 0.263 e. The zero-order valence-electron chi connectivity index (χ0n) is 16.0. The molecule has 0 radical (unpaired) electrons. The fourth-order valence-electron chi connectivity index (χ4n) is 3.06. The van der Waals surface area contributed by atoms with Gasteiger partial charge in [-0.25, -0.2) is 18.4 Å². The Morgan fingerprint density at radius 3 is 2.31 bits per heavy atom. The van der Waals surface area contributed by atoms with Crippen LogP contribution < -0.4 is 10.0 Å². The SMILES string of the molecule is Cc1ccc(S(=O)(=O)Nc2nc3ccccc3nc2NCc2cccs2)c(C)c1. The Hall–Kier alpha value is -2.97. The number of thiophene rings is 1. The van der Waals surface area contributed by atoms with Gasteiger partial charge >= 0.3 is 0 Å². The Balaban J connectivity index is 1.73. The molecule has 0 aliphatic heterocycles. The highest BCUT2D eigenvalue weighted by Gasteiger charge is 2.20. The van der Waals surface area contributed by atoms with E-state index in [9.17, 15) is 8.42 Å². The Morgan fingerprint density at radius 1 is 0.931 bits per heavy atom. The Bertz CT molecular complexity index is 1270. The molecule has 6 nitrogen and oxygen atoms in total. The fourth-order valence-corrected chi connectivity index (χ4v) is 4.94. The van der Waals surface area contributed by atoms with Crippen molar-refractivity contribution in [3.8, 4) is 0 Å². The van der Waals surface area contributed by atoms with Crippen molar-refractivity contribution in [2.45, 2.75) is 25.3 Å². The van der Waals surface area contributed by atoms with Crippen LogP contribution in [0.2, 0.25) is 0 Å². The molecule has 2 heterocycles. The van der Waals surface area contributed by atoms with Crippen molar-refractivity contribution in [1.29, 1.82) is 0 Å². The lowest BCUT2D eigenvalue weighted by molar-refractivity contribution is 0.600. The monoisotopic (exact) mass is 424 g/mol. The maximum atomic E-state index is 13.1. The number of rotatable bonds is 6. The molecule has 4 rings (SSSR count). The van der Waals surface area contributed by atoms with Crippen molar-refractivity contribution in [3.63, 3.8) is 0 Å². The van der Waals surface area contributed by atoms with Crippen molar-refractivity contribution in [2.24, 2.45) is 0 Å². The van der Waals surface area contributed by atoms with Crippen LogP contribution in [0.5, 0.6) is 0 Å².